The molecule has 1 fully saturated rings. The molecular weight excluding hydrogens is 421 g/mol. The maximum atomic E-state index is 11.6. The lowest BCUT2D eigenvalue weighted by molar-refractivity contribution is -0.122. The van der Waals surface area contributed by atoms with Gasteiger partial charge in [0, 0.05) is 37.3 Å². The van der Waals surface area contributed by atoms with Crippen LogP contribution in [-0.2, 0) is 11.3 Å². The summed E-state index contributed by atoms with van der Waals surface area (Å²) in [7, 11) is 1.60. The molecule has 24 heavy (non-hydrogen) atoms. The molecule has 0 saturated heterocycles. The van der Waals surface area contributed by atoms with Crippen molar-refractivity contribution < 1.29 is 9.53 Å². The van der Waals surface area contributed by atoms with Crippen LogP contribution in [0, 0.1) is 5.92 Å². The van der Waals surface area contributed by atoms with Crippen molar-refractivity contribution in [1.82, 2.24) is 20.9 Å². The first-order valence-electron chi connectivity index (χ1n) is 8.02. The van der Waals surface area contributed by atoms with Crippen LogP contribution in [0.25, 0.3) is 0 Å². The predicted molar refractivity (Wildman–Crippen MR) is 105 cm³/mol. The Labute approximate surface area is 160 Å². The van der Waals surface area contributed by atoms with Crippen LogP contribution in [0.1, 0.15) is 25.3 Å². The van der Waals surface area contributed by atoms with E-state index < -0.39 is 0 Å². The molecule has 134 valence electrons. The van der Waals surface area contributed by atoms with Gasteiger partial charge in [-0.15, -0.1) is 24.0 Å². The number of aliphatic imine (C=N–C) groups is 1. The number of methoxy groups -OCH3 is 1. The minimum Gasteiger partial charge on any atom is -0.481 e. The molecule has 1 heterocycles. The highest BCUT2D eigenvalue weighted by Crippen LogP contribution is 2.28. The highest BCUT2D eigenvalue weighted by molar-refractivity contribution is 14.0. The minimum absolute atomic E-state index is 0. The molecule has 0 unspecified atom stereocenters. The first-order chi connectivity index (χ1) is 11.2. The van der Waals surface area contributed by atoms with Gasteiger partial charge in [0.1, 0.15) is 0 Å². The first kappa shape index (κ1) is 20.5. The summed E-state index contributed by atoms with van der Waals surface area (Å²) >= 11 is 0. The number of hydrogen-bond donors (Lipinski definition) is 3. The summed E-state index contributed by atoms with van der Waals surface area (Å²) in [5.74, 6) is 1.70. The highest BCUT2D eigenvalue weighted by atomic mass is 127. The molecule has 0 radical (unpaired) electrons. The van der Waals surface area contributed by atoms with Crippen molar-refractivity contribution in [2.45, 2.75) is 26.3 Å². The molecular formula is C16H26IN5O2. The Balaban J connectivity index is 0.00000288. The zero-order valence-electron chi connectivity index (χ0n) is 14.2. The summed E-state index contributed by atoms with van der Waals surface area (Å²) in [5, 5.41) is 9.30. The molecule has 1 aromatic rings. The van der Waals surface area contributed by atoms with Gasteiger partial charge in [-0.25, -0.2) is 9.98 Å². The summed E-state index contributed by atoms with van der Waals surface area (Å²) in [6.45, 7) is 4.48. The lowest BCUT2D eigenvalue weighted by Gasteiger charge is -2.12. The SMILES string of the molecule is CCNC(=NCc1cccnc1OC)NCCNC(=O)C1CC1.I. The van der Waals surface area contributed by atoms with E-state index in [-0.39, 0.29) is 35.8 Å². The summed E-state index contributed by atoms with van der Waals surface area (Å²) in [4.78, 5) is 20.2. The lowest BCUT2D eigenvalue weighted by atomic mass is 10.3. The van der Waals surface area contributed by atoms with Gasteiger partial charge in [0.15, 0.2) is 5.96 Å². The number of amides is 1. The molecule has 7 nitrogen and oxygen atoms in total. The van der Waals surface area contributed by atoms with Gasteiger partial charge in [0.25, 0.3) is 0 Å². The quantitative estimate of drug-likeness (QED) is 0.242. The van der Waals surface area contributed by atoms with Gasteiger partial charge in [-0.05, 0) is 25.8 Å². The maximum absolute atomic E-state index is 11.6. The van der Waals surface area contributed by atoms with Crippen molar-refractivity contribution in [2.24, 2.45) is 10.9 Å². The molecule has 0 atom stereocenters. The van der Waals surface area contributed by atoms with Crippen molar-refractivity contribution >= 4 is 35.8 Å². The van der Waals surface area contributed by atoms with E-state index in [1.54, 1.807) is 13.3 Å². The summed E-state index contributed by atoms with van der Waals surface area (Å²) in [6, 6.07) is 3.80. The van der Waals surface area contributed by atoms with Gasteiger partial charge in [0.05, 0.1) is 13.7 Å². The van der Waals surface area contributed by atoms with Gasteiger partial charge in [-0.3, -0.25) is 4.79 Å². The van der Waals surface area contributed by atoms with E-state index in [1.807, 2.05) is 19.1 Å². The molecule has 1 aliphatic rings. The number of hydrogen-bond acceptors (Lipinski definition) is 4. The fourth-order valence-corrected chi connectivity index (χ4v) is 2.09. The Morgan fingerprint density at radius 2 is 2.08 bits per heavy atom. The van der Waals surface area contributed by atoms with Crippen molar-refractivity contribution in [3.63, 3.8) is 0 Å². The first-order valence-corrected chi connectivity index (χ1v) is 8.02. The zero-order valence-corrected chi connectivity index (χ0v) is 16.5. The van der Waals surface area contributed by atoms with E-state index in [4.69, 9.17) is 4.74 Å². The van der Waals surface area contributed by atoms with Gasteiger partial charge < -0.3 is 20.7 Å². The average molecular weight is 447 g/mol. The van der Waals surface area contributed by atoms with Crippen LogP contribution >= 0.6 is 24.0 Å². The van der Waals surface area contributed by atoms with Crippen molar-refractivity contribution in [3.05, 3.63) is 23.9 Å². The molecule has 2 rings (SSSR count). The summed E-state index contributed by atoms with van der Waals surface area (Å²) in [6.07, 6.45) is 3.74. The second-order valence-electron chi connectivity index (χ2n) is 5.36. The number of carbonyl (C=O) groups is 1. The maximum Gasteiger partial charge on any atom is 0.223 e. The van der Waals surface area contributed by atoms with E-state index in [2.05, 4.69) is 25.9 Å². The van der Waals surface area contributed by atoms with Gasteiger partial charge in [-0.2, -0.15) is 0 Å². The van der Waals surface area contributed by atoms with Crippen LogP contribution in [0.15, 0.2) is 23.3 Å². The number of nitrogens with zero attached hydrogens (tertiary/aromatic N) is 2. The van der Waals surface area contributed by atoms with Crippen LogP contribution in [-0.4, -0.2) is 43.6 Å². The third kappa shape index (κ3) is 6.90. The topological polar surface area (TPSA) is 87.6 Å². The fraction of sp³-hybridized carbons (Fsp3) is 0.562. The van der Waals surface area contributed by atoms with Crippen molar-refractivity contribution in [1.29, 1.82) is 0 Å². The smallest absolute Gasteiger partial charge is 0.223 e. The van der Waals surface area contributed by atoms with Crippen LogP contribution in [0.5, 0.6) is 5.88 Å². The third-order valence-electron chi connectivity index (χ3n) is 3.46. The Morgan fingerprint density at radius 3 is 2.75 bits per heavy atom. The Hall–Kier alpha value is -1.58. The van der Waals surface area contributed by atoms with Crippen LogP contribution < -0.4 is 20.7 Å². The van der Waals surface area contributed by atoms with E-state index in [0.29, 0.717) is 31.5 Å². The number of aromatic nitrogens is 1. The second-order valence-corrected chi connectivity index (χ2v) is 5.36. The van der Waals surface area contributed by atoms with E-state index in [1.165, 1.54) is 0 Å². The van der Waals surface area contributed by atoms with E-state index in [9.17, 15) is 4.79 Å². The number of guanidine groups is 1. The van der Waals surface area contributed by atoms with Crippen molar-refractivity contribution in [3.8, 4) is 5.88 Å². The van der Waals surface area contributed by atoms with E-state index >= 15 is 0 Å². The number of carbonyl (C=O) groups excluding carboxylic acids is 1. The second kappa shape index (κ2) is 11.1. The van der Waals surface area contributed by atoms with Crippen molar-refractivity contribution in [2.75, 3.05) is 26.7 Å². The fourth-order valence-electron chi connectivity index (χ4n) is 2.09. The monoisotopic (exact) mass is 447 g/mol. The summed E-state index contributed by atoms with van der Waals surface area (Å²) in [5.41, 5.74) is 0.925. The molecule has 1 aromatic heterocycles. The van der Waals surface area contributed by atoms with Gasteiger partial charge >= 0.3 is 0 Å². The van der Waals surface area contributed by atoms with Crippen LogP contribution in [0.2, 0.25) is 0 Å². The Bertz CT molecular complexity index is 549. The zero-order chi connectivity index (χ0) is 16.5. The average Bonchev–Trinajstić information content (AvgIpc) is 3.41. The minimum atomic E-state index is 0. The van der Waals surface area contributed by atoms with Crippen LogP contribution in [0.3, 0.4) is 0 Å². The number of ether oxygens (including phenoxy) is 1. The molecule has 0 bridgehead atoms. The number of rotatable bonds is 8. The molecule has 1 aliphatic carbocycles. The van der Waals surface area contributed by atoms with Crippen LogP contribution in [0.4, 0.5) is 0 Å². The van der Waals surface area contributed by atoms with Gasteiger partial charge in [0.2, 0.25) is 11.8 Å². The lowest BCUT2D eigenvalue weighted by Crippen LogP contribution is -2.41. The molecule has 0 aliphatic heterocycles. The number of nitrogens with one attached hydrogen (secondary N) is 3. The molecule has 1 amide bonds. The molecule has 0 aromatic carbocycles. The Kier molecular flexibility index (Phi) is 9.43. The molecule has 3 N–H and O–H groups in total. The largest absolute Gasteiger partial charge is 0.481 e. The normalized spacial score (nSPS) is 13.7. The molecule has 0 spiro atoms. The standard InChI is InChI=1S/C16H25N5O2.HI/c1-3-17-16(20-10-9-18-14(22)12-6-7-12)21-11-13-5-4-8-19-15(13)23-2;/h4-5,8,12H,3,6-7,9-11H2,1-2H3,(H,18,22)(H2,17,20,21);1H. The van der Waals surface area contributed by atoms with E-state index in [0.717, 1.165) is 24.9 Å². The highest BCUT2D eigenvalue weighted by Gasteiger charge is 2.28. The predicted octanol–water partition coefficient (Wildman–Crippen LogP) is 1.29. The summed E-state index contributed by atoms with van der Waals surface area (Å²) < 4.78 is 5.22. The van der Waals surface area contributed by atoms with Gasteiger partial charge in [-0.1, -0.05) is 6.07 Å². The third-order valence-corrected chi connectivity index (χ3v) is 3.46. The number of halogens is 1. The molecule has 8 heteroatoms. The molecule has 1 saturated carbocycles. The number of pyridine rings is 1. The Morgan fingerprint density at radius 1 is 1.33 bits per heavy atom.